The van der Waals surface area contributed by atoms with Crippen LogP contribution >= 0.6 is 22.9 Å². The quantitative estimate of drug-likeness (QED) is 0.865. The number of thiophene rings is 1. The molecule has 0 bridgehead atoms. The van der Waals surface area contributed by atoms with Crippen LogP contribution in [-0.4, -0.2) is 17.0 Å². The minimum atomic E-state index is 0.180. The Labute approximate surface area is 127 Å². The van der Waals surface area contributed by atoms with Crippen molar-refractivity contribution in [1.82, 2.24) is 9.97 Å². The third kappa shape index (κ3) is 3.04. The van der Waals surface area contributed by atoms with Gasteiger partial charge in [0, 0.05) is 23.9 Å². The molecule has 1 aliphatic carbocycles. The highest BCUT2D eigenvalue weighted by Gasteiger charge is 2.27. The van der Waals surface area contributed by atoms with E-state index in [-0.39, 0.29) is 6.04 Å². The predicted molar refractivity (Wildman–Crippen MR) is 84.9 cm³/mol. The molecule has 0 spiro atoms. The fourth-order valence-electron chi connectivity index (χ4n) is 2.05. The smallest absolute Gasteiger partial charge is 0.136 e. The summed E-state index contributed by atoms with van der Waals surface area (Å²) in [5.74, 6) is 3.20. The lowest BCUT2D eigenvalue weighted by atomic mass is 10.2. The summed E-state index contributed by atoms with van der Waals surface area (Å²) in [6, 6.07) is 6.10. The second kappa shape index (κ2) is 5.58. The predicted octanol–water partition coefficient (Wildman–Crippen LogP) is 4.28. The monoisotopic (exact) mass is 308 g/mol. The van der Waals surface area contributed by atoms with Crippen LogP contribution in [0.5, 0.6) is 0 Å². The summed E-state index contributed by atoms with van der Waals surface area (Å²) in [5.41, 5.74) is 0. The number of halogens is 1. The molecule has 0 aromatic carbocycles. The van der Waals surface area contributed by atoms with Crippen molar-refractivity contribution in [3.05, 3.63) is 33.2 Å². The van der Waals surface area contributed by atoms with Crippen molar-refractivity contribution in [3.63, 3.8) is 0 Å². The number of anilines is 2. The maximum absolute atomic E-state index is 5.99. The minimum absolute atomic E-state index is 0.180. The van der Waals surface area contributed by atoms with Crippen molar-refractivity contribution in [2.24, 2.45) is 0 Å². The first-order valence-corrected chi connectivity index (χ1v) is 7.93. The van der Waals surface area contributed by atoms with Gasteiger partial charge in [0.15, 0.2) is 0 Å². The Morgan fingerprint density at radius 1 is 1.30 bits per heavy atom. The number of aromatic nitrogens is 2. The fourth-order valence-corrected chi connectivity index (χ4v) is 3.11. The largest absolute Gasteiger partial charge is 0.373 e. The lowest BCUT2D eigenvalue weighted by molar-refractivity contribution is 0.869. The Balaban J connectivity index is 1.80. The van der Waals surface area contributed by atoms with E-state index in [9.17, 15) is 0 Å². The van der Waals surface area contributed by atoms with Gasteiger partial charge in [-0.05, 0) is 31.9 Å². The van der Waals surface area contributed by atoms with Gasteiger partial charge in [0.2, 0.25) is 0 Å². The van der Waals surface area contributed by atoms with Gasteiger partial charge in [0.1, 0.15) is 17.5 Å². The maximum Gasteiger partial charge on any atom is 0.136 e. The molecule has 2 aromatic rings. The van der Waals surface area contributed by atoms with E-state index in [0.717, 1.165) is 21.8 Å². The SMILES string of the molecule is CNc1cc(NC(C)c2ccc(Cl)s2)nc(C2CC2)n1. The second-order valence-electron chi connectivity index (χ2n) is 5.03. The number of rotatable bonds is 5. The molecule has 0 aliphatic heterocycles. The van der Waals surface area contributed by atoms with Crippen LogP contribution in [0.15, 0.2) is 18.2 Å². The zero-order chi connectivity index (χ0) is 14.1. The van der Waals surface area contributed by atoms with Crippen LogP contribution in [0.1, 0.15) is 42.4 Å². The highest BCUT2D eigenvalue weighted by atomic mass is 35.5. The third-order valence-corrected chi connectivity index (χ3v) is 4.74. The number of hydrogen-bond donors (Lipinski definition) is 2. The summed E-state index contributed by atoms with van der Waals surface area (Å²) in [6.07, 6.45) is 2.39. The summed E-state index contributed by atoms with van der Waals surface area (Å²) in [7, 11) is 1.88. The molecule has 4 nitrogen and oxygen atoms in total. The van der Waals surface area contributed by atoms with Crippen molar-refractivity contribution in [2.75, 3.05) is 17.7 Å². The average Bonchev–Trinajstić information content (AvgIpc) is 3.20. The standard InChI is InChI=1S/C14H17ClN4S/c1-8(10-5-6-11(15)20-10)17-13-7-12(16-2)18-14(19-13)9-3-4-9/h5-9H,3-4H2,1-2H3,(H2,16,17,18,19). The fraction of sp³-hybridized carbons (Fsp3) is 0.429. The summed E-state index contributed by atoms with van der Waals surface area (Å²) < 4.78 is 0.811. The molecule has 1 unspecified atom stereocenters. The minimum Gasteiger partial charge on any atom is -0.373 e. The van der Waals surface area contributed by atoms with E-state index in [4.69, 9.17) is 11.6 Å². The van der Waals surface area contributed by atoms with Crippen LogP contribution in [0.3, 0.4) is 0 Å². The van der Waals surface area contributed by atoms with Gasteiger partial charge < -0.3 is 10.6 Å². The highest BCUT2D eigenvalue weighted by molar-refractivity contribution is 7.16. The molecule has 0 saturated heterocycles. The van der Waals surface area contributed by atoms with Gasteiger partial charge >= 0.3 is 0 Å². The Morgan fingerprint density at radius 2 is 2.05 bits per heavy atom. The van der Waals surface area contributed by atoms with Crippen molar-refractivity contribution in [2.45, 2.75) is 31.7 Å². The van der Waals surface area contributed by atoms with E-state index in [1.54, 1.807) is 11.3 Å². The molecule has 1 fully saturated rings. The first kappa shape index (κ1) is 13.6. The first-order chi connectivity index (χ1) is 9.65. The van der Waals surface area contributed by atoms with Gasteiger partial charge in [-0.1, -0.05) is 11.6 Å². The molecule has 3 rings (SSSR count). The average molecular weight is 309 g/mol. The Bertz CT molecular complexity index is 609. The van der Waals surface area contributed by atoms with Crippen molar-refractivity contribution in [1.29, 1.82) is 0 Å². The molecule has 0 radical (unpaired) electrons. The summed E-state index contributed by atoms with van der Waals surface area (Å²) in [6.45, 7) is 2.11. The van der Waals surface area contributed by atoms with Crippen LogP contribution in [0.4, 0.5) is 11.6 Å². The van der Waals surface area contributed by atoms with Crippen molar-refractivity contribution >= 4 is 34.6 Å². The topological polar surface area (TPSA) is 49.8 Å². The molecule has 1 saturated carbocycles. The van der Waals surface area contributed by atoms with Crippen LogP contribution in [0.2, 0.25) is 4.34 Å². The number of nitrogens with one attached hydrogen (secondary N) is 2. The molecule has 2 heterocycles. The molecular formula is C14H17ClN4S. The Morgan fingerprint density at radius 3 is 2.65 bits per heavy atom. The molecule has 2 N–H and O–H groups in total. The molecule has 1 atom stereocenters. The Hall–Kier alpha value is -1.33. The zero-order valence-electron chi connectivity index (χ0n) is 11.5. The van der Waals surface area contributed by atoms with E-state index in [1.807, 2.05) is 25.2 Å². The lowest BCUT2D eigenvalue weighted by Crippen LogP contribution is -2.09. The van der Waals surface area contributed by atoms with Gasteiger partial charge in [-0.15, -0.1) is 11.3 Å². The van der Waals surface area contributed by atoms with Gasteiger partial charge in [-0.2, -0.15) is 0 Å². The van der Waals surface area contributed by atoms with Crippen LogP contribution in [0, 0.1) is 0 Å². The highest BCUT2D eigenvalue weighted by Crippen LogP contribution is 2.39. The van der Waals surface area contributed by atoms with Crippen molar-refractivity contribution in [3.8, 4) is 0 Å². The molecule has 106 valence electrons. The van der Waals surface area contributed by atoms with Crippen molar-refractivity contribution < 1.29 is 0 Å². The normalized spacial score (nSPS) is 15.9. The second-order valence-corrected chi connectivity index (χ2v) is 6.78. The molecule has 0 amide bonds. The molecule has 2 aromatic heterocycles. The first-order valence-electron chi connectivity index (χ1n) is 6.74. The van der Waals surface area contributed by atoms with E-state index >= 15 is 0 Å². The van der Waals surface area contributed by atoms with Gasteiger partial charge in [0.25, 0.3) is 0 Å². The van der Waals surface area contributed by atoms with E-state index in [2.05, 4.69) is 27.5 Å². The van der Waals surface area contributed by atoms with Gasteiger partial charge in [0.05, 0.1) is 10.4 Å². The summed E-state index contributed by atoms with van der Waals surface area (Å²) in [5, 5.41) is 6.53. The summed E-state index contributed by atoms with van der Waals surface area (Å²) in [4.78, 5) is 10.3. The zero-order valence-corrected chi connectivity index (χ0v) is 13.1. The van der Waals surface area contributed by atoms with Crippen LogP contribution in [0.25, 0.3) is 0 Å². The molecular weight excluding hydrogens is 292 g/mol. The van der Waals surface area contributed by atoms with E-state index < -0.39 is 0 Å². The molecule has 20 heavy (non-hydrogen) atoms. The van der Waals surface area contributed by atoms with Gasteiger partial charge in [-0.3, -0.25) is 0 Å². The van der Waals surface area contributed by atoms with E-state index in [0.29, 0.717) is 5.92 Å². The van der Waals surface area contributed by atoms with Crippen LogP contribution < -0.4 is 10.6 Å². The number of nitrogens with zero attached hydrogens (tertiary/aromatic N) is 2. The van der Waals surface area contributed by atoms with Crippen LogP contribution in [-0.2, 0) is 0 Å². The number of hydrogen-bond acceptors (Lipinski definition) is 5. The van der Waals surface area contributed by atoms with Gasteiger partial charge in [-0.25, -0.2) is 9.97 Å². The molecule has 1 aliphatic rings. The maximum atomic E-state index is 5.99. The lowest BCUT2D eigenvalue weighted by Gasteiger charge is -2.14. The third-order valence-electron chi connectivity index (χ3n) is 3.33. The molecule has 6 heteroatoms. The van der Waals surface area contributed by atoms with E-state index in [1.165, 1.54) is 17.7 Å². The summed E-state index contributed by atoms with van der Waals surface area (Å²) >= 11 is 7.58. The Kier molecular flexibility index (Phi) is 3.81.